The first-order valence-corrected chi connectivity index (χ1v) is 7.58. The topological polar surface area (TPSA) is 94.2 Å². The third-order valence-corrected chi connectivity index (χ3v) is 3.73. The molecule has 1 aliphatic rings. The molecule has 0 saturated heterocycles. The number of hydrogen-bond donors (Lipinski definition) is 0. The smallest absolute Gasteiger partial charge is 0.354 e. The molecule has 7 heteroatoms. The summed E-state index contributed by atoms with van der Waals surface area (Å²) in [6, 6.07) is 6.41. The highest BCUT2D eigenvalue weighted by atomic mass is 16.6. The van der Waals surface area contributed by atoms with Gasteiger partial charge in [0.15, 0.2) is 0 Å². The molecule has 1 unspecified atom stereocenters. The minimum atomic E-state index is -0.458. The number of non-ortho nitro benzene ring substituents is 1. The third-order valence-electron chi connectivity index (χ3n) is 3.73. The van der Waals surface area contributed by atoms with Crippen LogP contribution in [0.15, 0.2) is 34.5 Å². The molecule has 0 aliphatic carbocycles. The van der Waals surface area contributed by atoms with Gasteiger partial charge in [0.2, 0.25) is 0 Å². The van der Waals surface area contributed by atoms with Crippen LogP contribution in [0.25, 0.3) is 0 Å². The molecule has 7 nitrogen and oxygen atoms in total. The molecule has 0 radical (unpaired) electrons. The van der Waals surface area contributed by atoms with E-state index in [0.717, 1.165) is 17.7 Å². The molecule has 1 aliphatic heterocycles. The van der Waals surface area contributed by atoms with Gasteiger partial charge >= 0.3 is 5.97 Å². The average Bonchev–Trinajstić information content (AvgIpc) is 2.78. The summed E-state index contributed by atoms with van der Waals surface area (Å²) in [5.74, 6) is -0.458. The molecule has 122 valence electrons. The maximum atomic E-state index is 12.0. The number of nitrogens with zero attached hydrogens (tertiary/aromatic N) is 3. The molecule has 0 fully saturated rings. The van der Waals surface area contributed by atoms with Crippen LogP contribution in [0, 0.1) is 10.1 Å². The summed E-state index contributed by atoms with van der Waals surface area (Å²) < 4.78 is 5.01. The molecule has 0 spiro atoms. The van der Waals surface area contributed by atoms with Gasteiger partial charge in [-0.15, -0.1) is 5.10 Å². The summed E-state index contributed by atoms with van der Waals surface area (Å²) in [5.41, 5.74) is 2.16. The summed E-state index contributed by atoms with van der Waals surface area (Å²) in [6.07, 6.45) is 1.81. The fraction of sp³-hybridized carbons (Fsp3) is 0.438. The Hall–Kier alpha value is -2.57. The molecule has 0 saturated carbocycles. The lowest BCUT2D eigenvalue weighted by molar-refractivity contribution is -0.384. The fourth-order valence-electron chi connectivity index (χ4n) is 2.46. The highest BCUT2D eigenvalue weighted by Crippen LogP contribution is 2.29. The van der Waals surface area contributed by atoms with E-state index < -0.39 is 10.9 Å². The monoisotopic (exact) mass is 317 g/mol. The third kappa shape index (κ3) is 4.21. The molecule has 0 N–H and O–H groups in total. The zero-order chi connectivity index (χ0) is 16.8. The number of rotatable bonds is 5. The lowest BCUT2D eigenvalue weighted by Crippen LogP contribution is -2.19. The van der Waals surface area contributed by atoms with Crippen LogP contribution in [-0.2, 0) is 9.53 Å². The molecule has 1 atom stereocenters. The van der Waals surface area contributed by atoms with E-state index in [4.69, 9.17) is 4.74 Å². The number of benzene rings is 1. The Morgan fingerprint density at radius 2 is 1.96 bits per heavy atom. The minimum Gasteiger partial charge on any atom is -0.461 e. The zero-order valence-electron chi connectivity index (χ0n) is 13.2. The second-order valence-corrected chi connectivity index (χ2v) is 5.24. The number of carbonyl (C=O) groups excluding carboxylic acids is 1. The highest BCUT2D eigenvalue weighted by molar-refractivity contribution is 6.36. The zero-order valence-corrected chi connectivity index (χ0v) is 13.2. The fourth-order valence-corrected chi connectivity index (χ4v) is 2.46. The predicted octanol–water partition coefficient (Wildman–Crippen LogP) is 3.24. The summed E-state index contributed by atoms with van der Waals surface area (Å²) >= 11 is 0. The Kier molecular flexibility index (Phi) is 5.56. The van der Waals surface area contributed by atoms with E-state index in [1.807, 2.05) is 6.92 Å². The van der Waals surface area contributed by atoms with Crippen molar-refractivity contribution in [1.82, 2.24) is 0 Å². The van der Waals surface area contributed by atoms with Crippen molar-refractivity contribution < 1.29 is 14.5 Å². The summed E-state index contributed by atoms with van der Waals surface area (Å²) in [6.45, 7) is 4.00. The maximum Gasteiger partial charge on any atom is 0.354 e. The van der Waals surface area contributed by atoms with E-state index in [0.29, 0.717) is 18.6 Å². The number of nitro benzene ring substituents is 1. The molecule has 0 bridgehead atoms. The normalized spacial score (nSPS) is 17.7. The van der Waals surface area contributed by atoms with Gasteiger partial charge < -0.3 is 4.74 Å². The van der Waals surface area contributed by atoms with Gasteiger partial charge in [-0.1, -0.05) is 19.1 Å². The SMILES string of the molecule is CCOC(=O)C1=NN=C(CC)CC(c2ccc([N+](=O)[O-])cc2)C1. The van der Waals surface area contributed by atoms with Crippen molar-refractivity contribution in [2.75, 3.05) is 6.61 Å². The molecule has 23 heavy (non-hydrogen) atoms. The van der Waals surface area contributed by atoms with E-state index in [-0.39, 0.29) is 18.2 Å². The van der Waals surface area contributed by atoms with Crippen LogP contribution >= 0.6 is 0 Å². The van der Waals surface area contributed by atoms with E-state index >= 15 is 0 Å². The van der Waals surface area contributed by atoms with Crippen LogP contribution in [0.1, 0.15) is 44.6 Å². The molecule has 0 aromatic heterocycles. The van der Waals surface area contributed by atoms with E-state index in [1.165, 1.54) is 12.1 Å². The molecule has 1 aromatic carbocycles. The molecule has 2 rings (SSSR count). The van der Waals surface area contributed by atoms with Crippen LogP contribution in [-0.4, -0.2) is 28.9 Å². The van der Waals surface area contributed by atoms with Crippen molar-refractivity contribution in [3.8, 4) is 0 Å². The summed E-state index contributed by atoms with van der Waals surface area (Å²) in [4.78, 5) is 22.3. The Morgan fingerprint density at radius 3 is 2.52 bits per heavy atom. The second kappa shape index (κ2) is 7.62. The summed E-state index contributed by atoms with van der Waals surface area (Å²) in [7, 11) is 0. The Labute approximate surface area is 134 Å². The Balaban J connectivity index is 2.26. The number of carbonyl (C=O) groups is 1. The highest BCUT2D eigenvalue weighted by Gasteiger charge is 2.24. The van der Waals surface area contributed by atoms with Crippen LogP contribution in [0.2, 0.25) is 0 Å². The van der Waals surface area contributed by atoms with E-state index in [2.05, 4.69) is 10.2 Å². The first-order chi connectivity index (χ1) is 11.0. The van der Waals surface area contributed by atoms with Crippen molar-refractivity contribution in [2.24, 2.45) is 10.2 Å². The molecule has 1 aromatic rings. The standard InChI is InChI=1S/C16H19N3O4/c1-3-13-9-12(10-15(18-17-13)16(20)23-4-2)11-5-7-14(8-6-11)19(21)22/h5-8,12H,3-4,9-10H2,1-2H3. The van der Waals surface area contributed by atoms with Crippen LogP contribution in [0.3, 0.4) is 0 Å². The number of nitro groups is 1. The first-order valence-electron chi connectivity index (χ1n) is 7.58. The largest absolute Gasteiger partial charge is 0.461 e. The van der Waals surface area contributed by atoms with Gasteiger partial charge in [-0.3, -0.25) is 10.1 Å². The number of esters is 1. The van der Waals surface area contributed by atoms with Crippen molar-refractivity contribution in [2.45, 2.75) is 39.0 Å². The lowest BCUT2D eigenvalue weighted by Gasteiger charge is -2.15. The van der Waals surface area contributed by atoms with Gasteiger partial charge in [0.05, 0.1) is 11.5 Å². The number of ether oxygens (including phenoxy) is 1. The number of hydrogen-bond acceptors (Lipinski definition) is 6. The van der Waals surface area contributed by atoms with Crippen molar-refractivity contribution in [3.05, 3.63) is 39.9 Å². The van der Waals surface area contributed by atoms with Crippen LogP contribution in [0.4, 0.5) is 5.69 Å². The minimum absolute atomic E-state index is 0.000148. The van der Waals surface area contributed by atoms with Crippen LogP contribution < -0.4 is 0 Å². The van der Waals surface area contributed by atoms with Crippen molar-refractivity contribution >= 4 is 23.1 Å². The van der Waals surface area contributed by atoms with Gasteiger partial charge in [-0.2, -0.15) is 5.10 Å². The van der Waals surface area contributed by atoms with Crippen LogP contribution in [0.5, 0.6) is 0 Å². The van der Waals surface area contributed by atoms with Gasteiger partial charge in [0, 0.05) is 24.3 Å². The van der Waals surface area contributed by atoms with Gasteiger partial charge in [-0.05, 0) is 31.2 Å². The molecular weight excluding hydrogens is 298 g/mol. The second-order valence-electron chi connectivity index (χ2n) is 5.24. The quantitative estimate of drug-likeness (QED) is 0.473. The molecule has 0 amide bonds. The molecule has 1 heterocycles. The van der Waals surface area contributed by atoms with Gasteiger partial charge in [0.25, 0.3) is 5.69 Å². The average molecular weight is 317 g/mol. The molecular formula is C16H19N3O4. The maximum absolute atomic E-state index is 12.0. The Bertz CT molecular complexity index is 650. The van der Waals surface area contributed by atoms with Crippen molar-refractivity contribution in [3.63, 3.8) is 0 Å². The first kappa shape index (κ1) is 16.8. The van der Waals surface area contributed by atoms with E-state index in [9.17, 15) is 14.9 Å². The summed E-state index contributed by atoms with van der Waals surface area (Å²) in [5, 5.41) is 18.9. The van der Waals surface area contributed by atoms with Gasteiger partial charge in [0.1, 0.15) is 5.71 Å². The van der Waals surface area contributed by atoms with E-state index in [1.54, 1.807) is 19.1 Å². The lowest BCUT2D eigenvalue weighted by atomic mass is 9.88. The van der Waals surface area contributed by atoms with Gasteiger partial charge in [-0.25, -0.2) is 4.79 Å². The Morgan fingerprint density at radius 1 is 1.26 bits per heavy atom. The predicted molar refractivity (Wildman–Crippen MR) is 86.9 cm³/mol. The van der Waals surface area contributed by atoms with Crippen molar-refractivity contribution in [1.29, 1.82) is 0 Å².